The van der Waals surface area contributed by atoms with E-state index in [9.17, 15) is 9.59 Å². The van der Waals surface area contributed by atoms with Gasteiger partial charge in [0.05, 0.1) is 26.2 Å². The molecule has 4 aliphatic heterocycles. The van der Waals surface area contributed by atoms with E-state index in [1.165, 1.54) is 0 Å². The average molecular weight is 472 g/mol. The second kappa shape index (κ2) is 10.1. The van der Waals surface area contributed by atoms with Gasteiger partial charge in [0, 0.05) is 31.2 Å². The van der Waals surface area contributed by atoms with Crippen molar-refractivity contribution in [3.63, 3.8) is 0 Å². The van der Waals surface area contributed by atoms with Crippen LogP contribution in [-0.4, -0.2) is 67.3 Å². The van der Waals surface area contributed by atoms with E-state index < -0.39 is 29.9 Å². The minimum atomic E-state index is -0.883. The minimum Gasteiger partial charge on any atom is -0.435 e. The number of fused-ring (bicyclic) bond motifs is 2. The van der Waals surface area contributed by atoms with E-state index >= 15 is 0 Å². The first kappa shape index (κ1) is 24.8. The predicted molar refractivity (Wildman–Crippen MR) is 113 cm³/mol. The van der Waals surface area contributed by atoms with Crippen LogP contribution < -0.4 is 5.32 Å². The summed E-state index contributed by atoms with van der Waals surface area (Å²) in [6.45, 7) is 6.91. The van der Waals surface area contributed by atoms with Crippen LogP contribution in [0.15, 0.2) is 0 Å². The summed E-state index contributed by atoms with van der Waals surface area (Å²) in [7, 11) is 0. The van der Waals surface area contributed by atoms with Gasteiger partial charge < -0.3 is 29.4 Å². The van der Waals surface area contributed by atoms with E-state index in [0.717, 1.165) is 25.7 Å². The van der Waals surface area contributed by atoms with Crippen molar-refractivity contribution < 1.29 is 43.4 Å². The second-order valence-electron chi connectivity index (χ2n) is 9.95. The van der Waals surface area contributed by atoms with Gasteiger partial charge >= 0.3 is 5.97 Å². The molecule has 5 rings (SSSR count). The van der Waals surface area contributed by atoms with Crippen molar-refractivity contribution in [2.24, 2.45) is 23.7 Å². The summed E-state index contributed by atoms with van der Waals surface area (Å²) >= 11 is 0. The van der Waals surface area contributed by atoms with Crippen LogP contribution in [-0.2, 0) is 38.3 Å². The molecule has 0 radical (unpaired) electrons. The molecule has 188 valence electrons. The molecule has 0 aromatic rings. The van der Waals surface area contributed by atoms with E-state index in [1.54, 1.807) is 0 Å². The summed E-state index contributed by atoms with van der Waals surface area (Å²) in [5.74, 6) is -0.965. The lowest BCUT2D eigenvalue weighted by Crippen LogP contribution is -2.70. The quantitative estimate of drug-likeness (QED) is 0.294. The first-order chi connectivity index (χ1) is 15.8. The number of nitrogens with one attached hydrogen (secondary N) is 1. The van der Waals surface area contributed by atoms with Crippen molar-refractivity contribution in [3.8, 4) is 0 Å². The van der Waals surface area contributed by atoms with E-state index in [1.807, 2.05) is 13.8 Å². The molecule has 4 heterocycles. The standard InChI is InChI=1S/C23H37NO9/c1-14-4-5-17-15(2)20(29-19(27)7-6-18(26)24-10-12-28-13-11-25)30-21-23(17)16(14)8-9-22(3,31-21)32-33-23/h14-17,20-21,25H,4-13H2,1-3H3,(H,24,26)/t14-,15-,16+,17+,20-,21-,22-,23-/m1/s1. The molecule has 1 saturated carbocycles. The van der Waals surface area contributed by atoms with Gasteiger partial charge in [-0.05, 0) is 38.0 Å². The number of esters is 1. The van der Waals surface area contributed by atoms with E-state index in [2.05, 4.69) is 12.2 Å². The summed E-state index contributed by atoms with van der Waals surface area (Å²) in [5, 5.41) is 11.3. The highest BCUT2D eigenvalue weighted by Gasteiger charge is 2.69. The molecule has 5 aliphatic rings. The molecule has 1 amide bonds. The zero-order valence-corrected chi connectivity index (χ0v) is 19.7. The largest absolute Gasteiger partial charge is 0.435 e. The Bertz CT molecular complexity index is 720. The number of carbonyl (C=O) groups excluding carboxylic acids is 2. The van der Waals surface area contributed by atoms with Gasteiger partial charge in [-0.3, -0.25) is 9.59 Å². The molecule has 0 unspecified atom stereocenters. The number of rotatable bonds is 9. The summed E-state index contributed by atoms with van der Waals surface area (Å²) in [6, 6.07) is 0. The average Bonchev–Trinajstić information content (AvgIpc) is 3.01. The second-order valence-corrected chi connectivity index (χ2v) is 9.95. The molecule has 1 spiro atoms. The van der Waals surface area contributed by atoms with Crippen LogP contribution in [0.3, 0.4) is 0 Å². The Hall–Kier alpha value is -1.30. The molecule has 5 fully saturated rings. The minimum absolute atomic E-state index is 0.0157. The van der Waals surface area contributed by atoms with Crippen molar-refractivity contribution >= 4 is 11.9 Å². The number of hydrogen-bond donors (Lipinski definition) is 2. The molecule has 33 heavy (non-hydrogen) atoms. The van der Waals surface area contributed by atoms with Crippen molar-refractivity contribution in [1.82, 2.24) is 5.32 Å². The van der Waals surface area contributed by atoms with Crippen LogP contribution in [0.1, 0.15) is 59.3 Å². The molecular weight excluding hydrogens is 434 g/mol. The van der Waals surface area contributed by atoms with E-state index in [4.69, 9.17) is 33.8 Å². The van der Waals surface area contributed by atoms with Crippen molar-refractivity contribution in [2.75, 3.05) is 26.4 Å². The van der Waals surface area contributed by atoms with Crippen LogP contribution >= 0.6 is 0 Å². The Morgan fingerprint density at radius 2 is 1.91 bits per heavy atom. The smallest absolute Gasteiger partial charge is 0.308 e. The topological polar surface area (TPSA) is 122 Å². The Labute approximate surface area is 194 Å². The first-order valence-corrected chi connectivity index (χ1v) is 12.1. The number of amides is 1. The van der Waals surface area contributed by atoms with Gasteiger partial charge in [-0.15, -0.1) is 0 Å². The lowest BCUT2D eigenvalue weighted by molar-refractivity contribution is -0.576. The maximum absolute atomic E-state index is 12.5. The molecule has 1 aliphatic carbocycles. The Balaban J connectivity index is 1.34. The van der Waals surface area contributed by atoms with Crippen LogP contribution in [0, 0.1) is 23.7 Å². The normalized spacial score (nSPS) is 41.7. The first-order valence-electron chi connectivity index (χ1n) is 12.1. The van der Waals surface area contributed by atoms with Gasteiger partial charge in [-0.25, -0.2) is 9.78 Å². The fourth-order valence-electron chi connectivity index (χ4n) is 5.93. The maximum atomic E-state index is 12.5. The Kier molecular flexibility index (Phi) is 7.62. The highest BCUT2D eigenvalue weighted by Crippen LogP contribution is 2.60. The van der Waals surface area contributed by atoms with Crippen LogP contribution in [0.2, 0.25) is 0 Å². The Morgan fingerprint density at radius 3 is 2.70 bits per heavy atom. The number of aliphatic hydroxyl groups is 1. The van der Waals surface area contributed by atoms with Crippen molar-refractivity contribution in [1.29, 1.82) is 0 Å². The summed E-state index contributed by atoms with van der Waals surface area (Å²) < 4.78 is 23.3. The van der Waals surface area contributed by atoms with Crippen molar-refractivity contribution in [3.05, 3.63) is 0 Å². The zero-order chi connectivity index (χ0) is 23.6. The van der Waals surface area contributed by atoms with Gasteiger partial charge in [-0.1, -0.05) is 13.8 Å². The lowest BCUT2D eigenvalue weighted by atomic mass is 9.58. The molecule has 0 aromatic carbocycles. The molecule has 10 nitrogen and oxygen atoms in total. The molecular formula is C23H37NO9. The van der Waals surface area contributed by atoms with Crippen LogP contribution in [0.25, 0.3) is 0 Å². The van der Waals surface area contributed by atoms with E-state index in [-0.39, 0.29) is 49.7 Å². The van der Waals surface area contributed by atoms with Gasteiger partial charge in [-0.2, -0.15) is 0 Å². The molecule has 8 atom stereocenters. The molecule has 2 N–H and O–H groups in total. The predicted octanol–water partition coefficient (Wildman–Crippen LogP) is 1.64. The molecule has 0 aromatic heterocycles. The third-order valence-electron chi connectivity index (χ3n) is 7.71. The van der Waals surface area contributed by atoms with Crippen LogP contribution in [0.5, 0.6) is 0 Å². The fraction of sp³-hybridized carbons (Fsp3) is 0.913. The lowest BCUT2D eigenvalue weighted by Gasteiger charge is -2.59. The summed E-state index contributed by atoms with van der Waals surface area (Å²) in [5.41, 5.74) is -0.700. The van der Waals surface area contributed by atoms with Gasteiger partial charge in [0.25, 0.3) is 0 Å². The molecule has 2 bridgehead atoms. The summed E-state index contributed by atoms with van der Waals surface area (Å²) in [6.07, 6.45) is 2.16. The Morgan fingerprint density at radius 1 is 1.09 bits per heavy atom. The maximum Gasteiger partial charge on any atom is 0.308 e. The highest BCUT2D eigenvalue weighted by molar-refractivity contribution is 5.81. The van der Waals surface area contributed by atoms with Gasteiger partial charge in [0.15, 0.2) is 11.9 Å². The van der Waals surface area contributed by atoms with E-state index in [0.29, 0.717) is 19.1 Å². The monoisotopic (exact) mass is 471 g/mol. The summed E-state index contributed by atoms with van der Waals surface area (Å²) in [4.78, 5) is 36.3. The number of carbonyl (C=O) groups is 2. The van der Waals surface area contributed by atoms with Gasteiger partial charge in [0.2, 0.25) is 18.0 Å². The third-order valence-corrected chi connectivity index (χ3v) is 7.71. The third kappa shape index (κ3) is 4.92. The molecule has 4 saturated heterocycles. The number of aliphatic hydroxyl groups excluding tert-OH is 1. The highest BCUT2D eigenvalue weighted by atomic mass is 17.3. The van der Waals surface area contributed by atoms with Crippen molar-refractivity contribution in [2.45, 2.75) is 83.3 Å². The van der Waals surface area contributed by atoms with Crippen LogP contribution in [0.4, 0.5) is 0 Å². The SMILES string of the molecule is C[C@H]1[C@H](OC(=O)CCC(=O)NCCOCCO)O[C@@H]2O[C@@]3(C)CC[C@H]4[C@H](C)CC[C@@H]1[C@@]24OO3. The number of ether oxygens (including phenoxy) is 4. The molecule has 10 heteroatoms. The van der Waals surface area contributed by atoms with Gasteiger partial charge in [0.1, 0.15) is 0 Å². The number of hydrogen-bond acceptors (Lipinski definition) is 9. The fourth-order valence-corrected chi connectivity index (χ4v) is 5.93. The zero-order valence-electron chi connectivity index (χ0n) is 19.7.